The van der Waals surface area contributed by atoms with Crippen molar-refractivity contribution >= 4 is 10.0 Å². The summed E-state index contributed by atoms with van der Waals surface area (Å²) >= 11 is 0. The molecule has 0 heterocycles. The van der Waals surface area contributed by atoms with E-state index in [9.17, 15) is 8.42 Å². The van der Waals surface area contributed by atoms with E-state index in [-0.39, 0.29) is 25.4 Å². The molecule has 6 heteroatoms. The van der Waals surface area contributed by atoms with Gasteiger partial charge in [-0.2, -0.15) is 4.31 Å². The zero-order valence-electron chi connectivity index (χ0n) is 9.85. The maximum absolute atomic E-state index is 11.8. The Kier molecular flexibility index (Phi) is 8.46. The predicted molar refractivity (Wildman–Crippen MR) is 65.8 cm³/mol. The lowest BCUT2D eigenvalue weighted by molar-refractivity contribution is 0.260. The first-order chi connectivity index (χ1) is 7.58. The van der Waals surface area contributed by atoms with Gasteiger partial charge in [0.25, 0.3) is 0 Å². The molecule has 0 bridgehead atoms. The van der Waals surface area contributed by atoms with Crippen LogP contribution in [0.3, 0.4) is 0 Å². The number of aliphatic hydroxyl groups excluding tert-OH is 1. The van der Waals surface area contributed by atoms with E-state index in [1.165, 1.54) is 10.4 Å². The van der Waals surface area contributed by atoms with E-state index < -0.39 is 10.0 Å². The van der Waals surface area contributed by atoms with Crippen molar-refractivity contribution in [3.8, 4) is 0 Å². The zero-order valence-corrected chi connectivity index (χ0v) is 10.7. The second-order valence-electron chi connectivity index (χ2n) is 3.39. The fraction of sp³-hybridized carbons (Fsp3) is 0.800. The Balaban J connectivity index is 4.18. The van der Waals surface area contributed by atoms with Crippen molar-refractivity contribution in [2.45, 2.75) is 13.3 Å². The van der Waals surface area contributed by atoms with Crippen molar-refractivity contribution in [1.29, 1.82) is 0 Å². The van der Waals surface area contributed by atoms with E-state index in [1.807, 2.05) is 6.92 Å². The SMILES string of the molecule is C=CCN(CCO)S(=O)(=O)CCCNCC. The third kappa shape index (κ3) is 6.22. The molecule has 0 aromatic carbocycles. The second kappa shape index (κ2) is 8.69. The molecule has 0 spiro atoms. The molecule has 0 rings (SSSR count). The Morgan fingerprint density at radius 2 is 2.19 bits per heavy atom. The minimum absolute atomic E-state index is 0.105. The summed E-state index contributed by atoms with van der Waals surface area (Å²) < 4.78 is 24.9. The smallest absolute Gasteiger partial charge is 0.214 e. The molecule has 0 fully saturated rings. The van der Waals surface area contributed by atoms with Gasteiger partial charge in [0.15, 0.2) is 0 Å². The third-order valence-electron chi connectivity index (χ3n) is 2.08. The first-order valence-corrected chi connectivity index (χ1v) is 7.09. The van der Waals surface area contributed by atoms with Gasteiger partial charge in [-0.15, -0.1) is 6.58 Å². The average molecular weight is 250 g/mol. The summed E-state index contributed by atoms with van der Waals surface area (Å²) in [7, 11) is -3.27. The maximum atomic E-state index is 11.8. The Hall–Kier alpha value is -0.430. The molecule has 0 aliphatic rings. The van der Waals surface area contributed by atoms with Gasteiger partial charge in [-0.1, -0.05) is 13.0 Å². The Morgan fingerprint density at radius 3 is 2.69 bits per heavy atom. The topological polar surface area (TPSA) is 69.6 Å². The Morgan fingerprint density at radius 1 is 1.50 bits per heavy atom. The quantitative estimate of drug-likeness (QED) is 0.416. The van der Waals surface area contributed by atoms with Crippen molar-refractivity contribution in [2.75, 3.05) is 38.5 Å². The molecule has 0 radical (unpaired) electrons. The summed E-state index contributed by atoms with van der Waals surface area (Å²) in [4.78, 5) is 0. The normalized spacial score (nSPS) is 11.9. The molecule has 2 N–H and O–H groups in total. The van der Waals surface area contributed by atoms with Gasteiger partial charge < -0.3 is 10.4 Å². The van der Waals surface area contributed by atoms with Crippen LogP contribution in [-0.2, 0) is 10.0 Å². The molecule has 0 atom stereocenters. The summed E-state index contributed by atoms with van der Waals surface area (Å²) in [6, 6.07) is 0. The van der Waals surface area contributed by atoms with Crippen LogP contribution in [0.4, 0.5) is 0 Å². The summed E-state index contributed by atoms with van der Waals surface area (Å²) in [5, 5.41) is 11.9. The van der Waals surface area contributed by atoms with E-state index in [4.69, 9.17) is 5.11 Å². The van der Waals surface area contributed by atoms with Gasteiger partial charge in [-0.25, -0.2) is 8.42 Å². The van der Waals surface area contributed by atoms with Crippen LogP contribution in [0.15, 0.2) is 12.7 Å². The van der Waals surface area contributed by atoms with Crippen LogP contribution in [0, 0.1) is 0 Å². The number of nitrogens with one attached hydrogen (secondary N) is 1. The van der Waals surface area contributed by atoms with Gasteiger partial charge in [0.2, 0.25) is 10.0 Å². The predicted octanol–water partition coefficient (Wildman–Crippen LogP) is -0.204. The molecule has 0 aromatic heterocycles. The molecule has 96 valence electrons. The highest BCUT2D eigenvalue weighted by Crippen LogP contribution is 2.02. The lowest BCUT2D eigenvalue weighted by atomic mass is 10.5. The third-order valence-corrected chi connectivity index (χ3v) is 4.00. The van der Waals surface area contributed by atoms with E-state index in [0.717, 1.165) is 6.54 Å². The number of nitrogens with zero attached hydrogens (tertiary/aromatic N) is 1. The number of hydrogen-bond acceptors (Lipinski definition) is 4. The van der Waals surface area contributed by atoms with Crippen LogP contribution in [0.1, 0.15) is 13.3 Å². The number of hydrogen-bond donors (Lipinski definition) is 2. The molecule has 5 nitrogen and oxygen atoms in total. The summed E-state index contributed by atoms with van der Waals surface area (Å²) in [6.07, 6.45) is 2.10. The van der Waals surface area contributed by atoms with Crippen LogP contribution >= 0.6 is 0 Å². The monoisotopic (exact) mass is 250 g/mol. The molecule has 0 aliphatic carbocycles. The number of aliphatic hydroxyl groups is 1. The van der Waals surface area contributed by atoms with Crippen molar-refractivity contribution in [3.05, 3.63) is 12.7 Å². The van der Waals surface area contributed by atoms with Crippen molar-refractivity contribution in [2.24, 2.45) is 0 Å². The van der Waals surface area contributed by atoms with Gasteiger partial charge in [0.05, 0.1) is 12.4 Å². The highest BCUT2D eigenvalue weighted by molar-refractivity contribution is 7.89. The Bertz CT molecular complexity index is 278. The van der Waals surface area contributed by atoms with Gasteiger partial charge >= 0.3 is 0 Å². The molecule has 0 saturated heterocycles. The average Bonchev–Trinajstić information content (AvgIpc) is 2.24. The van der Waals surface area contributed by atoms with Crippen LogP contribution in [0.25, 0.3) is 0 Å². The molecule has 16 heavy (non-hydrogen) atoms. The Labute approximate surface area is 98.2 Å². The molecule has 0 aliphatic heterocycles. The van der Waals surface area contributed by atoms with Crippen molar-refractivity contribution < 1.29 is 13.5 Å². The van der Waals surface area contributed by atoms with Crippen LogP contribution in [0.5, 0.6) is 0 Å². The van der Waals surface area contributed by atoms with E-state index in [0.29, 0.717) is 13.0 Å². The van der Waals surface area contributed by atoms with Crippen LogP contribution in [-0.4, -0.2) is 56.4 Å². The first-order valence-electron chi connectivity index (χ1n) is 5.48. The van der Waals surface area contributed by atoms with E-state index in [2.05, 4.69) is 11.9 Å². The van der Waals surface area contributed by atoms with E-state index in [1.54, 1.807) is 0 Å². The minimum atomic E-state index is -3.27. The van der Waals surface area contributed by atoms with Crippen molar-refractivity contribution in [1.82, 2.24) is 9.62 Å². The molecular weight excluding hydrogens is 228 g/mol. The molecular formula is C10H22N2O3S. The standard InChI is InChI=1S/C10H22N2O3S/c1-3-7-12(8-9-13)16(14,15)10-5-6-11-4-2/h3,11,13H,1,4-10H2,2H3. The van der Waals surface area contributed by atoms with Gasteiger partial charge in [0, 0.05) is 13.1 Å². The highest BCUT2D eigenvalue weighted by atomic mass is 32.2. The van der Waals surface area contributed by atoms with Crippen LogP contribution in [0.2, 0.25) is 0 Å². The highest BCUT2D eigenvalue weighted by Gasteiger charge is 2.19. The van der Waals surface area contributed by atoms with Crippen molar-refractivity contribution in [3.63, 3.8) is 0 Å². The minimum Gasteiger partial charge on any atom is -0.395 e. The van der Waals surface area contributed by atoms with Gasteiger partial charge in [-0.3, -0.25) is 0 Å². The zero-order chi connectivity index (χ0) is 12.4. The number of sulfonamides is 1. The van der Waals surface area contributed by atoms with Crippen LogP contribution < -0.4 is 5.32 Å². The van der Waals surface area contributed by atoms with Gasteiger partial charge in [-0.05, 0) is 19.5 Å². The molecule has 0 amide bonds. The lowest BCUT2D eigenvalue weighted by Crippen LogP contribution is -2.36. The summed E-state index contributed by atoms with van der Waals surface area (Å²) in [6.45, 7) is 7.24. The number of rotatable bonds is 10. The summed E-state index contributed by atoms with van der Waals surface area (Å²) in [5.41, 5.74) is 0. The fourth-order valence-electron chi connectivity index (χ4n) is 1.28. The molecule has 0 unspecified atom stereocenters. The molecule has 0 aromatic rings. The maximum Gasteiger partial charge on any atom is 0.214 e. The largest absolute Gasteiger partial charge is 0.395 e. The lowest BCUT2D eigenvalue weighted by Gasteiger charge is -2.19. The molecule has 0 saturated carbocycles. The summed E-state index contributed by atoms with van der Waals surface area (Å²) in [5.74, 6) is 0.105. The van der Waals surface area contributed by atoms with Gasteiger partial charge in [0.1, 0.15) is 0 Å². The van der Waals surface area contributed by atoms with E-state index >= 15 is 0 Å². The fourth-order valence-corrected chi connectivity index (χ4v) is 2.74. The second-order valence-corrected chi connectivity index (χ2v) is 5.48. The first kappa shape index (κ1) is 15.6.